The van der Waals surface area contributed by atoms with Crippen LogP contribution >= 0.6 is 11.6 Å². The van der Waals surface area contributed by atoms with Crippen LogP contribution in [0.4, 0.5) is 0 Å². The molecule has 25 heavy (non-hydrogen) atoms. The third-order valence-electron chi connectivity index (χ3n) is 4.53. The summed E-state index contributed by atoms with van der Waals surface area (Å²) in [5.41, 5.74) is 3.58. The summed E-state index contributed by atoms with van der Waals surface area (Å²) in [5.74, 6) is 0.0581. The predicted molar refractivity (Wildman–Crippen MR) is 98.2 cm³/mol. The van der Waals surface area contributed by atoms with Gasteiger partial charge in [-0.05, 0) is 45.4 Å². The van der Waals surface area contributed by atoms with Crippen molar-refractivity contribution in [2.24, 2.45) is 0 Å². The topological polar surface area (TPSA) is 47.4 Å². The Kier molecular flexibility index (Phi) is 5.16. The van der Waals surface area contributed by atoms with Crippen molar-refractivity contribution in [1.82, 2.24) is 14.7 Å². The second kappa shape index (κ2) is 7.18. The van der Waals surface area contributed by atoms with Crippen LogP contribution in [-0.4, -0.2) is 45.9 Å². The number of carbonyl (C=O) groups excluding carboxylic acids is 1. The lowest BCUT2D eigenvalue weighted by atomic mass is 10.1. The monoisotopic (exact) mass is 361 g/mol. The number of hydrogen-bond acceptors (Lipinski definition) is 3. The molecule has 2 heterocycles. The zero-order valence-corrected chi connectivity index (χ0v) is 15.9. The van der Waals surface area contributed by atoms with Crippen molar-refractivity contribution in [3.63, 3.8) is 0 Å². The molecule has 134 valence electrons. The van der Waals surface area contributed by atoms with Gasteiger partial charge in [-0.1, -0.05) is 23.7 Å². The first kappa shape index (κ1) is 18.0. The molecule has 0 bridgehead atoms. The molecule has 0 N–H and O–H groups in total. The van der Waals surface area contributed by atoms with Gasteiger partial charge >= 0.3 is 0 Å². The normalized spacial score (nSPS) is 20.8. The number of aromatic nitrogens is 2. The van der Waals surface area contributed by atoms with Crippen LogP contribution in [0.5, 0.6) is 0 Å². The SMILES string of the molecule is Cc1nn(Cc2ccc(C(=O)N3CC(C)OC(C)C3)cc2)c(C)c1Cl. The molecule has 5 nitrogen and oxygen atoms in total. The van der Waals surface area contributed by atoms with E-state index in [1.165, 1.54) is 0 Å². The number of ether oxygens (including phenoxy) is 1. The standard InChI is InChI=1S/C19H24ClN3O2/c1-12-9-22(10-13(2)25-12)19(24)17-7-5-16(6-8-17)11-23-15(4)18(20)14(3)21-23/h5-8,12-13H,9-11H2,1-4H3. The highest BCUT2D eigenvalue weighted by Gasteiger charge is 2.26. The first-order valence-corrected chi connectivity index (χ1v) is 8.96. The molecule has 1 aromatic carbocycles. The molecule has 0 spiro atoms. The molecule has 1 fully saturated rings. The zero-order valence-electron chi connectivity index (χ0n) is 15.1. The Bertz CT molecular complexity index is 760. The van der Waals surface area contributed by atoms with Gasteiger partial charge in [0.25, 0.3) is 5.91 Å². The van der Waals surface area contributed by atoms with Gasteiger partial charge in [-0.15, -0.1) is 0 Å². The smallest absolute Gasteiger partial charge is 0.254 e. The van der Waals surface area contributed by atoms with Crippen molar-refractivity contribution in [3.8, 4) is 0 Å². The van der Waals surface area contributed by atoms with Crippen LogP contribution in [0.3, 0.4) is 0 Å². The molecule has 1 amide bonds. The Morgan fingerprint density at radius 2 is 1.80 bits per heavy atom. The van der Waals surface area contributed by atoms with Crippen LogP contribution in [0.15, 0.2) is 24.3 Å². The highest BCUT2D eigenvalue weighted by atomic mass is 35.5. The van der Waals surface area contributed by atoms with Gasteiger partial charge < -0.3 is 9.64 Å². The number of halogens is 1. The van der Waals surface area contributed by atoms with E-state index in [2.05, 4.69) is 5.10 Å². The van der Waals surface area contributed by atoms with Crippen LogP contribution in [0.25, 0.3) is 0 Å². The van der Waals surface area contributed by atoms with Crippen LogP contribution in [0.2, 0.25) is 5.02 Å². The van der Waals surface area contributed by atoms with Crippen molar-refractivity contribution < 1.29 is 9.53 Å². The molecule has 6 heteroatoms. The number of benzene rings is 1. The number of nitrogens with zero attached hydrogens (tertiary/aromatic N) is 3. The summed E-state index contributed by atoms with van der Waals surface area (Å²) in [6.07, 6.45) is 0.144. The van der Waals surface area contributed by atoms with E-state index in [0.29, 0.717) is 30.2 Å². The van der Waals surface area contributed by atoms with Gasteiger partial charge in [0.15, 0.2) is 0 Å². The zero-order chi connectivity index (χ0) is 18.1. The lowest BCUT2D eigenvalue weighted by Crippen LogP contribution is -2.48. The van der Waals surface area contributed by atoms with Crippen LogP contribution in [-0.2, 0) is 11.3 Å². The lowest BCUT2D eigenvalue weighted by molar-refractivity contribution is -0.0586. The van der Waals surface area contributed by atoms with E-state index >= 15 is 0 Å². The second-order valence-electron chi connectivity index (χ2n) is 6.81. The van der Waals surface area contributed by atoms with Gasteiger partial charge in [-0.3, -0.25) is 9.48 Å². The third kappa shape index (κ3) is 3.88. The first-order valence-electron chi connectivity index (χ1n) is 8.58. The molecule has 1 aromatic heterocycles. The maximum Gasteiger partial charge on any atom is 0.254 e. The average molecular weight is 362 g/mol. The number of rotatable bonds is 3. The molecular weight excluding hydrogens is 338 g/mol. The van der Waals surface area contributed by atoms with Gasteiger partial charge in [0.2, 0.25) is 0 Å². The summed E-state index contributed by atoms with van der Waals surface area (Å²) in [7, 11) is 0. The minimum absolute atomic E-state index is 0.0581. The number of amides is 1. The number of hydrogen-bond donors (Lipinski definition) is 0. The highest BCUT2D eigenvalue weighted by Crippen LogP contribution is 2.20. The summed E-state index contributed by atoms with van der Waals surface area (Å²) in [4.78, 5) is 14.6. The lowest BCUT2D eigenvalue weighted by Gasteiger charge is -2.35. The van der Waals surface area contributed by atoms with Crippen LogP contribution in [0, 0.1) is 13.8 Å². The molecule has 3 rings (SSSR count). The van der Waals surface area contributed by atoms with E-state index in [0.717, 1.165) is 17.0 Å². The summed E-state index contributed by atoms with van der Waals surface area (Å²) in [5, 5.41) is 5.16. The fourth-order valence-corrected chi connectivity index (χ4v) is 3.42. The summed E-state index contributed by atoms with van der Waals surface area (Å²) in [6.45, 7) is 9.76. The van der Waals surface area contributed by atoms with Gasteiger partial charge in [-0.2, -0.15) is 5.10 Å². The average Bonchev–Trinajstić information content (AvgIpc) is 2.81. The maximum absolute atomic E-state index is 12.7. The largest absolute Gasteiger partial charge is 0.372 e. The molecule has 0 saturated carbocycles. The van der Waals surface area contributed by atoms with E-state index in [1.54, 1.807) is 0 Å². The Morgan fingerprint density at radius 1 is 1.20 bits per heavy atom. The Morgan fingerprint density at radius 3 is 2.32 bits per heavy atom. The third-order valence-corrected chi connectivity index (χ3v) is 5.08. The van der Waals surface area contributed by atoms with Gasteiger partial charge in [-0.25, -0.2) is 0 Å². The maximum atomic E-state index is 12.7. The van der Waals surface area contributed by atoms with Gasteiger partial charge in [0, 0.05) is 18.7 Å². The number of carbonyl (C=O) groups is 1. The van der Waals surface area contributed by atoms with E-state index in [4.69, 9.17) is 16.3 Å². The minimum Gasteiger partial charge on any atom is -0.372 e. The Hall–Kier alpha value is -1.85. The molecule has 1 aliphatic rings. The number of aryl methyl sites for hydroxylation is 1. The van der Waals surface area contributed by atoms with Gasteiger partial charge in [0.05, 0.1) is 35.2 Å². The summed E-state index contributed by atoms with van der Waals surface area (Å²) in [6, 6.07) is 7.72. The second-order valence-corrected chi connectivity index (χ2v) is 7.18. The summed E-state index contributed by atoms with van der Waals surface area (Å²) >= 11 is 6.20. The molecule has 1 aliphatic heterocycles. The van der Waals surface area contributed by atoms with E-state index < -0.39 is 0 Å². The first-order chi connectivity index (χ1) is 11.8. The molecule has 0 aliphatic carbocycles. The molecule has 1 saturated heterocycles. The van der Waals surface area contributed by atoms with E-state index in [9.17, 15) is 4.79 Å². The fraction of sp³-hybridized carbons (Fsp3) is 0.474. The van der Waals surface area contributed by atoms with Crippen LogP contribution in [0.1, 0.15) is 41.2 Å². The van der Waals surface area contributed by atoms with Crippen molar-refractivity contribution in [2.75, 3.05) is 13.1 Å². The van der Waals surface area contributed by atoms with E-state index in [-0.39, 0.29) is 18.1 Å². The van der Waals surface area contributed by atoms with Crippen LogP contribution < -0.4 is 0 Å². The molecule has 2 atom stereocenters. The highest BCUT2D eigenvalue weighted by molar-refractivity contribution is 6.31. The summed E-state index contributed by atoms with van der Waals surface area (Å²) < 4.78 is 7.59. The van der Waals surface area contributed by atoms with Crippen molar-refractivity contribution in [2.45, 2.75) is 46.4 Å². The quantitative estimate of drug-likeness (QED) is 0.841. The molecule has 0 radical (unpaired) electrons. The number of morpholine rings is 1. The Labute approximate surface area is 153 Å². The van der Waals surface area contributed by atoms with Crippen molar-refractivity contribution in [3.05, 3.63) is 51.8 Å². The van der Waals surface area contributed by atoms with Crippen molar-refractivity contribution >= 4 is 17.5 Å². The minimum atomic E-state index is 0.0581. The molecular formula is C19H24ClN3O2. The predicted octanol–water partition coefficient (Wildman–Crippen LogP) is 3.45. The van der Waals surface area contributed by atoms with Gasteiger partial charge in [0.1, 0.15) is 0 Å². The molecule has 2 aromatic rings. The van der Waals surface area contributed by atoms with Crippen molar-refractivity contribution in [1.29, 1.82) is 0 Å². The Balaban J connectivity index is 1.71. The fourth-order valence-electron chi connectivity index (χ4n) is 3.28. The van der Waals surface area contributed by atoms with E-state index in [1.807, 2.05) is 61.5 Å². The molecule has 2 unspecified atom stereocenters.